The molecule has 0 bridgehead atoms. The van der Waals surface area contributed by atoms with Crippen LogP contribution in [0.15, 0.2) is 72.8 Å². The van der Waals surface area contributed by atoms with Gasteiger partial charge in [-0.05, 0) is 42.0 Å². The molecule has 0 aliphatic carbocycles. The Bertz CT molecular complexity index is 1250. The minimum absolute atomic E-state index is 0.0356. The molecular formula is C25H22FN3O2. The van der Waals surface area contributed by atoms with E-state index in [2.05, 4.69) is 4.57 Å². The number of ether oxygens (including phenoxy) is 1. The summed E-state index contributed by atoms with van der Waals surface area (Å²) in [6, 6.07) is 22.0. The van der Waals surface area contributed by atoms with Crippen molar-refractivity contribution in [2.24, 2.45) is 0 Å². The van der Waals surface area contributed by atoms with Gasteiger partial charge in [-0.3, -0.25) is 4.79 Å². The van der Waals surface area contributed by atoms with E-state index in [0.29, 0.717) is 19.5 Å². The maximum atomic E-state index is 13.4. The van der Waals surface area contributed by atoms with Crippen molar-refractivity contribution in [1.82, 2.24) is 9.55 Å². The predicted molar refractivity (Wildman–Crippen MR) is 118 cm³/mol. The molecule has 0 spiro atoms. The molecule has 1 amide bonds. The first-order valence-electron chi connectivity index (χ1n) is 10.3. The molecule has 6 heteroatoms. The summed E-state index contributed by atoms with van der Waals surface area (Å²) in [5, 5.41) is 0. The average Bonchev–Trinajstić information content (AvgIpc) is 3.36. The van der Waals surface area contributed by atoms with Crippen LogP contribution in [-0.2, 0) is 11.3 Å². The van der Waals surface area contributed by atoms with Crippen LogP contribution >= 0.6 is 0 Å². The Balaban J connectivity index is 1.51. The highest BCUT2D eigenvalue weighted by Gasteiger charge is 2.35. The van der Waals surface area contributed by atoms with Crippen LogP contribution in [0.4, 0.5) is 10.1 Å². The van der Waals surface area contributed by atoms with Gasteiger partial charge >= 0.3 is 0 Å². The minimum Gasteiger partial charge on any atom is -0.497 e. The molecule has 1 unspecified atom stereocenters. The number of imidazole rings is 1. The molecule has 1 aliphatic heterocycles. The maximum Gasteiger partial charge on any atom is 0.227 e. The van der Waals surface area contributed by atoms with Crippen LogP contribution in [0.3, 0.4) is 0 Å². The Kier molecular flexibility index (Phi) is 4.90. The van der Waals surface area contributed by atoms with Crippen LogP contribution in [-0.4, -0.2) is 29.1 Å². The molecular weight excluding hydrogens is 393 g/mol. The summed E-state index contributed by atoms with van der Waals surface area (Å²) in [7, 11) is 1.62. The second-order valence-corrected chi connectivity index (χ2v) is 7.78. The second-order valence-electron chi connectivity index (χ2n) is 7.78. The number of fused-ring (bicyclic) bond motifs is 1. The lowest BCUT2D eigenvalue weighted by Gasteiger charge is -2.18. The number of halogens is 1. The lowest BCUT2D eigenvalue weighted by molar-refractivity contribution is -0.117. The first kappa shape index (κ1) is 19.3. The highest BCUT2D eigenvalue weighted by Crippen LogP contribution is 2.34. The number of rotatable bonds is 5. The van der Waals surface area contributed by atoms with E-state index in [-0.39, 0.29) is 17.6 Å². The lowest BCUT2D eigenvalue weighted by Crippen LogP contribution is -2.24. The summed E-state index contributed by atoms with van der Waals surface area (Å²) in [5.41, 5.74) is 3.72. The van der Waals surface area contributed by atoms with Crippen molar-refractivity contribution in [2.75, 3.05) is 18.6 Å². The number of carbonyl (C=O) groups is 1. The van der Waals surface area contributed by atoms with E-state index < -0.39 is 0 Å². The third-order valence-electron chi connectivity index (χ3n) is 5.79. The Morgan fingerprint density at radius 1 is 1.06 bits per heavy atom. The van der Waals surface area contributed by atoms with Crippen LogP contribution in [0.1, 0.15) is 23.7 Å². The zero-order chi connectivity index (χ0) is 21.4. The Labute approximate surface area is 179 Å². The summed E-state index contributed by atoms with van der Waals surface area (Å²) in [5.74, 6) is 1.38. The van der Waals surface area contributed by atoms with E-state index in [4.69, 9.17) is 9.72 Å². The average molecular weight is 415 g/mol. The molecule has 4 aromatic rings. The fourth-order valence-electron chi connectivity index (χ4n) is 4.25. The fourth-order valence-corrected chi connectivity index (χ4v) is 4.25. The second kappa shape index (κ2) is 7.87. The zero-order valence-corrected chi connectivity index (χ0v) is 17.2. The van der Waals surface area contributed by atoms with E-state index in [1.807, 2.05) is 48.5 Å². The van der Waals surface area contributed by atoms with Crippen molar-refractivity contribution < 1.29 is 13.9 Å². The van der Waals surface area contributed by atoms with Crippen molar-refractivity contribution in [3.05, 3.63) is 90.0 Å². The van der Waals surface area contributed by atoms with Gasteiger partial charge < -0.3 is 14.2 Å². The molecule has 3 aromatic carbocycles. The molecule has 1 aromatic heterocycles. The molecule has 2 heterocycles. The van der Waals surface area contributed by atoms with Crippen molar-refractivity contribution in [3.63, 3.8) is 0 Å². The molecule has 5 nitrogen and oxygen atoms in total. The molecule has 1 saturated heterocycles. The Morgan fingerprint density at radius 2 is 1.87 bits per heavy atom. The molecule has 1 atom stereocenters. The van der Waals surface area contributed by atoms with Gasteiger partial charge in [0, 0.05) is 37.2 Å². The van der Waals surface area contributed by atoms with Gasteiger partial charge in [0.2, 0.25) is 5.91 Å². The Hall–Kier alpha value is -3.67. The third-order valence-corrected chi connectivity index (χ3v) is 5.79. The molecule has 0 N–H and O–H groups in total. The highest BCUT2D eigenvalue weighted by atomic mass is 19.1. The standard InChI is InChI=1S/C25H22FN3O2/c1-31-21-6-4-5-20(14-21)28-16-18(13-24(28)30)25-27-22-7-2-3-8-23(22)29(25)15-17-9-11-19(26)12-10-17/h2-12,14,18H,13,15-16H2,1H3. The number of carbonyl (C=O) groups excluding carboxylic acids is 1. The number of para-hydroxylation sites is 2. The van der Waals surface area contributed by atoms with Crippen molar-refractivity contribution >= 4 is 22.6 Å². The summed E-state index contributed by atoms with van der Waals surface area (Å²) < 4.78 is 20.8. The van der Waals surface area contributed by atoms with Gasteiger partial charge in [-0.15, -0.1) is 0 Å². The van der Waals surface area contributed by atoms with E-state index in [9.17, 15) is 9.18 Å². The number of benzene rings is 3. The number of amides is 1. The van der Waals surface area contributed by atoms with E-state index in [0.717, 1.165) is 33.9 Å². The van der Waals surface area contributed by atoms with Crippen molar-refractivity contribution in [1.29, 1.82) is 0 Å². The summed E-state index contributed by atoms with van der Waals surface area (Å²) in [6.07, 6.45) is 0.393. The molecule has 1 fully saturated rings. The molecule has 31 heavy (non-hydrogen) atoms. The molecule has 0 saturated carbocycles. The van der Waals surface area contributed by atoms with Gasteiger partial charge in [-0.25, -0.2) is 9.37 Å². The first-order chi connectivity index (χ1) is 15.1. The fraction of sp³-hybridized carbons (Fsp3) is 0.200. The van der Waals surface area contributed by atoms with Crippen LogP contribution in [0, 0.1) is 5.82 Å². The van der Waals surface area contributed by atoms with Gasteiger partial charge in [-0.2, -0.15) is 0 Å². The van der Waals surface area contributed by atoms with Crippen LogP contribution in [0.2, 0.25) is 0 Å². The van der Waals surface area contributed by atoms with Crippen molar-refractivity contribution in [3.8, 4) is 5.75 Å². The molecule has 156 valence electrons. The van der Waals surface area contributed by atoms with Gasteiger partial charge in [-0.1, -0.05) is 30.3 Å². The van der Waals surface area contributed by atoms with Gasteiger partial charge in [0.05, 0.1) is 18.1 Å². The first-order valence-corrected chi connectivity index (χ1v) is 10.3. The maximum absolute atomic E-state index is 13.4. The number of aromatic nitrogens is 2. The van der Waals surface area contributed by atoms with E-state index in [1.54, 1.807) is 24.1 Å². The number of hydrogen-bond acceptors (Lipinski definition) is 3. The van der Waals surface area contributed by atoms with Gasteiger partial charge in [0.15, 0.2) is 0 Å². The quantitative estimate of drug-likeness (QED) is 0.473. The Morgan fingerprint density at radius 3 is 2.68 bits per heavy atom. The van der Waals surface area contributed by atoms with Gasteiger partial charge in [0.1, 0.15) is 17.4 Å². The summed E-state index contributed by atoms with van der Waals surface area (Å²) in [6.45, 7) is 1.12. The number of nitrogens with zero attached hydrogens (tertiary/aromatic N) is 3. The monoisotopic (exact) mass is 415 g/mol. The zero-order valence-electron chi connectivity index (χ0n) is 17.2. The number of anilines is 1. The van der Waals surface area contributed by atoms with Gasteiger partial charge in [0.25, 0.3) is 0 Å². The summed E-state index contributed by atoms with van der Waals surface area (Å²) >= 11 is 0. The van der Waals surface area contributed by atoms with E-state index >= 15 is 0 Å². The SMILES string of the molecule is COc1cccc(N2CC(c3nc4ccccc4n3Cc3ccc(F)cc3)CC2=O)c1. The molecule has 0 radical (unpaired) electrons. The normalized spacial score (nSPS) is 16.3. The largest absolute Gasteiger partial charge is 0.497 e. The smallest absolute Gasteiger partial charge is 0.227 e. The predicted octanol–water partition coefficient (Wildman–Crippen LogP) is 4.75. The summed E-state index contributed by atoms with van der Waals surface area (Å²) in [4.78, 5) is 19.6. The third kappa shape index (κ3) is 3.65. The molecule has 5 rings (SSSR count). The van der Waals surface area contributed by atoms with Crippen LogP contribution < -0.4 is 9.64 Å². The van der Waals surface area contributed by atoms with Crippen LogP contribution in [0.25, 0.3) is 11.0 Å². The highest BCUT2D eigenvalue weighted by molar-refractivity contribution is 5.96. The number of hydrogen-bond donors (Lipinski definition) is 0. The molecule has 1 aliphatic rings. The number of methoxy groups -OCH3 is 1. The van der Waals surface area contributed by atoms with Crippen molar-refractivity contribution in [2.45, 2.75) is 18.9 Å². The lowest BCUT2D eigenvalue weighted by atomic mass is 10.1. The topological polar surface area (TPSA) is 47.4 Å². The van der Waals surface area contributed by atoms with Crippen LogP contribution in [0.5, 0.6) is 5.75 Å². The van der Waals surface area contributed by atoms with E-state index in [1.165, 1.54) is 12.1 Å². The minimum atomic E-state index is -0.255.